The molecule has 0 amide bonds. The number of aromatic nitrogens is 1. The first-order chi connectivity index (χ1) is 15.2. The Hall–Kier alpha value is -2.13. The average molecular weight is 547 g/mol. The highest BCUT2D eigenvalue weighted by Crippen LogP contribution is 2.20. The lowest BCUT2D eigenvalue weighted by Gasteiger charge is -2.32. The number of hydrogen-bond acceptors (Lipinski definition) is 4. The monoisotopic (exact) mass is 547 g/mol. The van der Waals surface area contributed by atoms with E-state index in [4.69, 9.17) is 4.74 Å². The van der Waals surface area contributed by atoms with Crippen molar-refractivity contribution in [3.63, 3.8) is 0 Å². The number of likely N-dealkylation sites (tertiary alicyclic amines) is 1. The lowest BCUT2D eigenvalue weighted by molar-refractivity contribution is 0.0529. The zero-order valence-electron chi connectivity index (χ0n) is 19.0. The molecule has 2 saturated heterocycles. The number of rotatable bonds is 4. The van der Waals surface area contributed by atoms with Gasteiger partial charge in [-0.05, 0) is 43.0 Å². The predicted octanol–water partition coefficient (Wildman–Crippen LogP) is 4.18. The second-order valence-corrected chi connectivity index (χ2v) is 8.25. The maximum absolute atomic E-state index is 5.65. The molecule has 0 aliphatic carbocycles. The standard InChI is InChI=1S/C25H33N5O.HI/c1-20-19-30(14-15-31-20)24-17-23(8-11-27-24)18-28-25(26-2)29-12-9-22(10-13-29)16-21-6-4-3-5-7-21;/h3-8,11,16-17,20H,9-10,12-15,18-19H2,1-2H3,(H,26,28);1H. The zero-order chi connectivity index (χ0) is 21.5. The first-order valence-corrected chi connectivity index (χ1v) is 11.2. The summed E-state index contributed by atoms with van der Waals surface area (Å²) < 4.78 is 5.65. The van der Waals surface area contributed by atoms with Crippen molar-refractivity contribution in [3.05, 3.63) is 65.4 Å². The Morgan fingerprint density at radius 3 is 2.69 bits per heavy atom. The van der Waals surface area contributed by atoms with Crippen LogP contribution >= 0.6 is 24.0 Å². The van der Waals surface area contributed by atoms with Gasteiger partial charge in [-0.2, -0.15) is 0 Å². The van der Waals surface area contributed by atoms with Crippen LogP contribution in [-0.4, -0.2) is 61.8 Å². The first kappa shape index (κ1) is 24.5. The average Bonchev–Trinajstić information content (AvgIpc) is 2.81. The molecule has 2 fully saturated rings. The second kappa shape index (κ2) is 12.2. The fraction of sp³-hybridized carbons (Fsp3) is 0.440. The van der Waals surface area contributed by atoms with Gasteiger partial charge in [-0.25, -0.2) is 4.98 Å². The third kappa shape index (κ3) is 6.68. The minimum Gasteiger partial charge on any atom is -0.375 e. The van der Waals surface area contributed by atoms with Gasteiger partial charge in [-0.3, -0.25) is 4.99 Å². The quantitative estimate of drug-likeness (QED) is 0.354. The fourth-order valence-electron chi connectivity index (χ4n) is 4.22. The second-order valence-electron chi connectivity index (χ2n) is 8.25. The van der Waals surface area contributed by atoms with Crippen LogP contribution in [0.25, 0.3) is 6.08 Å². The van der Waals surface area contributed by atoms with Gasteiger partial charge in [-0.1, -0.05) is 42.0 Å². The Morgan fingerprint density at radius 2 is 1.97 bits per heavy atom. The summed E-state index contributed by atoms with van der Waals surface area (Å²) >= 11 is 0. The van der Waals surface area contributed by atoms with E-state index in [-0.39, 0.29) is 30.1 Å². The molecule has 1 aromatic heterocycles. The number of hydrogen-bond donors (Lipinski definition) is 1. The summed E-state index contributed by atoms with van der Waals surface area (Å²) in [6, 6.07) is 14.8. The van der Waals surface area contributed by atoms with Crippen LogP contribution in [0.3, 0.4) is 0 Å². The van der Waals surface area contributed by atoms with Gasteiger partial charge in [0.25, 0.3) is 0 Å². The van der Waals surface area contributed by atoms with E-state index >= 15 is 0 Å². The number of nitrogens with one attached hydrogen (secondary N) is 1. The molecular formula is C25H34IN5O. The molecule has 0 spiro atoms. The van der Waals surface area contributed by atoms with Gasteiger partial charge in [0.05, 0.1) is 12.7 Å². The predicted molar refractivity (Wildman–Crippen MR) is 143 cm³/mol. The highest BCUT2D eigenvalue weighted by Gasteiger charge is 2.19. The SMILES string of the molecule is CN=C(NCc1ccnc(N2CCOC(C)C2)c1)N1CCC(=Cc2ccccc2)CC1.I. The molecule has 172 valence electrons. The van der Waals surface area contributed by atoms with Crippen molar-refractivity contribution >= 4 is 41.8 Å². The van der Waals surface area contributed by atoms with Crippen molar-refractivity contribution in [1.29, 1.82) is 0 Å². The molecule has 3 heterocycles. The summed E-state index contributed by atoms with van der Waals surface area (Å²) in [5.74, 6) is 2.00. The summed E-state index contributed by atoms with van der Waals surface area (Å²) in [6.07, 6.45) is 6.63. The molecule has 0 radical (unpaired) electrons. The maximum Gasteiger partial charge on any atom is 0.193 e. The van der Waals surface area contributed by atoms with Crippen molar-refractivity contribution in [2.45, 2.75) is 32.4 Å². The number of nitrogens with zero attached hydrogens (tertiary/aromatic N) is 4. The lowest BCUT2D eigenvalue weighted by atomic mass is 10.0. The number of benzene rings is 1. The summed E-state index contributed by atoms with van der Waals surface area (Å²) in [5.41, 5.74) is 4.01. The van der Waals surface area contributed by atoms with Crippen molar-refractivity contribution in [3.8, 4) is 0 Å². The van der Waals surface area contributed by atoms with E-state index in [0.717, 1.165) is 63.9 Å². The molecule has 2 aliphatic rings. The van der Waals surface area contributed by atoms with Gasteiger partial charge in [0.1, 0.15) is 5.82 Å². The first-order valence-electron chi connectivity index (χ1n) is 11.2. The Labute approximate surface area is 208 Å². The van der Waals surface area contributed by atoms with Gasteiger partial charge >= 0.3 is 0 Å². The molecule has 4 rings (SSSR count). The Balaban J connectivity index is 0.00000289. The number of pyridine rings is 1. The number of ether oxygens (including phenoxy) is 1. The summed E-state index contributed by atoms with van der Waals surface area (Å²) in [5, 5.41) is 3.54. The van der Waals surface area contributed by atoms with E-state index in [1.807, 2.05) is 13.2 Å². The fourth-order valence-corrected chi connectivity index (χ4v) is 4.22. The smallest absolute Gasteiger partial charge is 0.193 e. The summed E-state index contributed by atoms with van der Waals surface area (Å²) in [6.45, 7) is 7.37. The Bertz CT molecular complexity index is 908. The van der Waals surface area contributed by atoms with Crippen molar-refractivity contribution in [2.24, 2.45) is 4.99 Å². The molecule has 1 atom stereocenters. The topological polar surface area (TPSA) is 53.0 Å². The number of halogens is 1. The van der Waals surface area contributed by atoms with Crippen LogP contribution in [0.5, 0.6) is 0 Å². The van der Waals surface area contributed by atoms with Gasteiger partial charge in [0, 0.05) is 46.0 Å². The lowest BCUT2D eigenvalue weighted by Crippen LogP contribution is -2.44. The van der Waals surface area contributed by atoms with Gasteiger partial charge in [0.15, 0.2) is 5.96 Å². The molecule has 2 aromatic rings. The number of anilines is 1. The van der Waals surface area contributed by atoms with Crippen LogP contribution in [0.4, 0.5) is 5.82 Å². The number of guanidine groups is 1. The molecule has 1 N–H and O–H groups in total. The Kier molecular flexibility index (Phi) is 9.35. The van der Waals surface area contributed by atoms with Gasteiger partial charge in [0.2, 0.25) is 0 Å². The maximum atomic E-state index is 5.65. The van der Waals surface area contributed by atoms with Crippen LogP contribution in [0.15, 0.2) is 59.2 Å². The van der Waals surface area contributed by atoms with Crippen molar-refractivity contribution in [1.82, 2.24) is 15.2 Å². The van der Waals surface area contributed by atoms with Gasteiger partial charge < -0.3 is 19.9 Å². The van der Waals surface area contributed by atoms with Crippen LogP contribution in [-0.2, 0) is 11.3 Å². The molecule has 2 aliphatic heterocycles. The highest BCUT2D eigenvalue weighted by molar-refractivity contribution is 14.0. The number of morpholine rings is 1. The van der Waals surface area contributed by atoms with E-state index in [0.29, 0.717) is 0 Å². The van der Waals surface area contributed by atoms with E-state index < -0.39 is 0 Å². The van der Waals surface area contributed by atoms with Gasteiger partial charge in [-0.15, -0.1) is 24.0 Å². The number of aliphatic imine (C=N–C) groups is 1. The van der Waals surface area contributed by atoms with Crippen molar-refractivity contribution in [2.75, 3.05) is 44.7 Å². The van der Waals surface area contributed by atoms with E-state index in [1.54, 1.807) is 0 Å². The third-order valence-electron chi connectivity index (χ3n) is 5.91. The third-order valence-corrected chi connectivity index (χ3v) is 5.91. The number of piperidine rings is 1. The molecular weight excluding hydrogens is 513 g/mol. The Morgan fingerprint density at radius 1 is 1.19 bits per heavy atom. The molecule has 0 saturated carbocycles. The normalized spacial score (nSPS) is 19.4. The summed E-state index contributed by atoms with van der Waals surface area (Å²) in [7, 11) is 1.87. The minimum absolute atomic E-state index is 0. The molecule has 7 heteroatoms. The largest absolute Gasteiger partial charge is 0.375 e. The zero-order valence-corrected chi connectivity index (χ0v) is 21.4. The molecule has 0 bridgehead atoms. The highest BCUT2D eigenvalue weighted by atomic mass is 127. The van der Waals surface area contributed by atoms with E-state index in [9.17, 15) is 0 Å². The van der Waals surface area contributed by atoms with E-state index in [2.05, 4.69) is 80.6 Å². The van der Waals surface area contributed by atoms with Crippen LogP contribution in [0.1, 0.15) is 30.9 Å². The minimum atomic E-state index is 0. The molecule has 1 aromatic carbocycles. The molecule has 1 unspecified atom stereocenters. The molecule has 6 nitrogen and oxygen atoms in total. The van der Waals surface area contributed by atoms with Crippen LogP contribution in [0, 0.1) is 0 Å². The van der Waals surface area contributed by atoms with Crippen LogP contribution in [0.2, 0.25) is 0 Å². The van der Waals surface area contributed by atoms with E-state index in [1.165, 1.54) is 16.7 Å². The van der Waals surface area contributed by atoms with Crippen molar-refractivity contribution < 1.29 is 4.74 Å². The van der Waals surface area contributed by atoms with Crippen LogP contribution < -0.4 is 10.2 Å². The summed E-state index contributed by atoms with van der Waals surface area (Å²) in [4.78, 5) is 13.8. The molecule has 32 heavy (non-hydrogen) atoms.